The van der Waals surface area contributed by atoms with Crippen LogP contribution in [0.25, 0.3) is 0 Å². The number of aromatic nitrogens is 2. The Morgan fingerprint density at radius 3 is 2.80 bits per heavy atom. The Hall–Kier alpha value is -1.48. The molecule has 0 spiro atoms. The molecule has 1 atom stereocenters. The second kappa shape index (κ2) is 7.82. The second-order valence-electron chi connectivity index (χ2n) is 7.32. The lowest BCUT2D eigenvalue weighted by atomic mass is 10.0. The van der Waals surface area contributed by atoms with Crippen LogP contribution >= 0.6 is 0 Å². The van der Waals surface area contributed by atoms with Crippen molar-refractivity contribution in [1.29, 1.82) is 0 Å². The number of nitrogens with zero attached hydrogens (tertiary/aromatic N) is 4. The van der Waals surface area contributed by atoms with E-state index in [1.165, 1.54) is 12.8 Å². The third-order valence-corrected chi connectivity index (χ3v) is 4.81. The van der Waals surface area contributed by atoms with Gasteiger partial charge in [0, 0.05) is 32.9 Å². The van der Waals surface area contributed by atoms with E-state index in [2.05, 4.69) is 15.3 Å². The monoisotopic (exact) mass is 351 g/mol. The van der Waals surface area contributed by atoms with Crippen molar-refractivity contribution in [3.05, 3.63) is 11.9 Å². The number of carbonyl (C=O) groups excluding carboxylic acids is 1. The molecular formula is C17H29N5O3. The SMILES string of the molecule is Cc1nn(C)cc1NC(=O)CN1CCOC[C@](O)(CN2CCCC2)C1. The smallest absolute Gasteiger partial charge is 0.238 e. The van der Waals surface area contributed by atoms with Crippen LogP contribution in [0.1, 0.15) is 18.5 Å². The third kappa shape index (κ3) is 5.01. The summed E-state index contributed by atoms with van der Waals surface area (Å²) in [7, 11) is 1.83. The van der Waals surface area contributed by atoms with Gasteiger partial charge in [0.1, 0.15) is 5.60 Å². The zero-order valence-electron chi connectivity index (χ0n) is 15.2. The quantitative estimate of drug-likeness (QED) is 0.766. The Labute approximate surface area is 148 Å². The van der Waals surface area contributed by atoms with Crippen LogP contribution in [0.5, 0.6) is 0 Å². The Morgan fingerprint density at radius 1 is 1.36 bits per heavy atom. The van der Waals surface area contributed by atoms with Gasteiger partial charge in [-0.15, -0.1) is 0 Å². The van der Waals surface area contributed by atoms with Crippen LogP contribution in [0.4, 0.5) is 5.69 Å². The maximum absolute atomic E-state index is 12.4. The van der Waals surface area contributed by atoms with E-state index >= 15 is 0 Å². The number of aryl methyl sites for hydroxylation is 2. The van der Waals surface area contributed by atoms with Gasteiger partial charge in [0.2, 0.25) is 5.91 Å². The molecule has 8 heteroatoms. The fourth-order valence-corrected chi connectivity index (χ4v) is 3.70. The number of nitrogens with one attached hydrogen (secondary N) is 1. The first kappa shape index (κ1) is 18.3. The van der Waals surface area contributed by atoms with Gasteiger partial charge in [-0.2, -0.15) is 5.10 Å². The number of hydrogen-bond acceptors (Lipinski definition) is 6. The van der Waals surface area contributed by atoms with Crippen molar-refractivity contribution in [3.63, 3.8) is 0 Å². The largest absolute Gasteiger partial charge is 0.385 e. The highest BCUT2D eigenvalue weighted by molar-refractivity contribution is 5.92. The molecule has 2 aliphatic heterocycles. The molecule has 8 nitrogen and oxygen atoms in total. The van der Waals surface area contributed by atoms with Crippen LogP contribution in [0.3, 0.4) is 0 Å². The predicted molar refractivity (Wildman–Crippen MR) is 94.5 cm³/mol. The lowest BCUT2D eigenvalue weighted by Gasteiger charge is -2.33. The molecule has 25 heavy (non-hydrogen) atoms. The van der Waals surface area contributed by atoms with E-state index in [1.807, 2.05) is 18.9 Å². The molecule has 3 rings (SSSR count). The molecule has 1 amide bonds. The Morgan fingerprint density at radius 2 is 2.12 bits per heavy atom. The highest BCUT2D eigenvalue weighted by atomic mass is 16.5. The van der Waals surface area contributed by atoms with E-state index in [0.29, 0.717) is 32.8 Å². The minimum Gasteiger partial charge on any atom is -0.385 e. The van der Waals surface area contributed by atoms with Crippen molar-refractivity contribution in [1.82, 2.24) is 19.6 Å². The summed E-state index contributed by atoms with van der Waals surface area (Å²) in [5.41, 5.74) is 0.595. The van der Waals surface area contributed by atoms with Gasteiger partial charge in [0.25, 0.3) is 0 Å². The number of rotatable bonds is 5. The van der Waals surface area contributed by atoms with Gasteiger partial charge in [-0.3, -0.25) is 14.4 Å². The van der Waals surface area contributed by atoms with Gasteiger partial charge >= 0.3 is 0 Å². The molecular weight excluding hydrogens is 322 g/mol. The van der Waals surface area contributed by atoms with E-state index in [4.69, 9.17) is 4.74 Å². The van der Waals surface area contributed by atoms with Crippen LogP contribution < -0.4 is 5.32 Å². The summed E-state index contributed by atoms with van der Waals surface area (Å²) in [4.78, 5) is 16.6. The van der Waals surface area contributed by atoms with Crippen molar-refractivity contribution >= 4 is 11.6 Å². The first-order chi connectivity index (χ1) is 11.9. The molecule has 1 aromatic heterocycles. The molecule has 2 fully saturated rings. The summed E-state index contributed by atoms with van der Waals surface area (Å²) in [6.45, 7) is 6.71. The maximum atomic E-state index is 12.4. The molecule has 0 bridgehead atoms. The number of aliphatic hydroxyl groups is 1. The van der Waals surface area contributed by atoms with Crippen LogP contribution in [-0.2, 0) is 16.6 Å². The molecule has 0 aliphatic carbocycles. The number of carbonyl (C=O) groups is 1. The average Bonchev–Trinajstić information content (AvgIpc) is 3.08. The van der Waals surface area contributed by atoms with Crippen LogP contribution in [0.15, 0.2) is 6.20 Å². The highest BCUT2D eigenvalue weighted by Gasteiger charge is 2.35. The molecule has 0 aromatic carbocycles. The summed E-state index contributed by atoms with van der Waals surface area (Å²) in [6.07, 6.45) is 4.17. The molecule has 0 saturated carbocycles. The fourth-order valence-electron chi connectivity index (χ4n) is 3.70. The van der Waals surface area contributed by atoms with Crippen molar-refractivity contribution < 1.29 is 14.6 Å². The summed E-state index contributed by atoms with van der Waals surface area (Å²) < 4.78 is 7.29. The first-order valence-electron chi connectivity index (χ1n) is 8.98. The molecule has 140 valence electrons. The minimum absolute atomic E-state index is 0.0958. The molecule has 2 N–H and O–H groups in total. The van der Waals surface area contributed by atoms with Crippen molar-refractivity contribution in [3.8, 4) is 0 Å². The van der Waals surface area contributed by atoms with Crippen molar-refractivity contribution in [2.75, 3.05) is 57.8 Å². The molecule has 2 saturated heterocycles. The minimum atomic E-state index is -0.925. The lowest BCUT2D eigenvalue weighted by Crippen LogP contribution is -2.52. The summed E-state index contributed by atoms with van der Waals surface area (Å²) in [5, 5.41) is 18.1. The van der Waals surface area contributed by atoms with Crippen molar-refractivity contribution in [2.24, 2.45) is 7.05 Å². The summed E-state index contributed by atoms with van der Waals surface area (Å²) >= 11 is 0. The number of likely N-dealkylation sites (tertiary alicyclic amines) is 1. The van der Waals surface area contributed by atoms with E-state index in [-0.39, 0.29) is 12.5 Å². The van der Waals surface area contributed by atoms with Crippen LogP contribution in [0.2, 0.25) is 0 Å². The van der Waals surface area contributed by atoms with Gasteiger partial charge in [-0.1, -0.05) is 0 Å². The average molecular weight is 351 g/mol. The van der Waals surface area contributed by atoms with E-state index in [9.17, 15) is 9.90 Å². The zero-order valence-corrected chi connectivity index (χ0v) is 15.2. The molecule has 0 radical (unpaired) electrons. The second-order valence-corrected chi connectivity index (χ2v) is 7.32. The van der Waals surface area contributed by atoms with Gasteiger partial charge in [-0.05, 0) is 32.9 Å². The predicted octanol–water partition coefficient (Wildman–Crippen LogP) is -0.174. The Bertz CT molecular complexity index is 599. The third-order valence-electron chi connectivity index (χ3n) is 4.81. The van der Waals surface area contributed by atoms with Gasteiger partial charge in [0.05, 0.1) is 31.1 Å². The summed E-state index contributed by atoms with van der Waals surface area (Å²) in [6, 6.07) is 0. The normalized spacial score (nSPS) is 25.9. The number of β-amino-alcohol motifs (C(OH)–C–C–N with tert-alkyl or cyclic N) is 1. The van der Waals surface area contributed by atoms with Crippen LogP contribution in [0, 0.1) is 6.92 Å². The lowest BCUT2D eigenvalue weighted by molar-refractivity contribution is -0.118. The summed E-state index contributed by atoms with van der Waals surface area (Å²) in [5.74, 6) is -0.0958. The topological polar surface area (TPSA) is 82.9 Å². The fraction of sp³-hybridized carbons (Fsp3) is 0.765. The molecule has 0 unspecified atom stereocenters. The van der Waals surface area contributed by atoms with Gasteiger partial charge in [0.15, 0.2) is 0 Å². The number of anilines is 1. The Kier molecular flexibility index (Phi) is 5.73. The number of ether oxygens (including phenoxy) is 1. The van der Waals surface area contributed by atoms with E-state index < -0.39 is 5.60 Å². The number of hydrogen-bond donors (Lipinski definition) is 2. The van der Waals surface area contributed by atoms with Crippen molar-refractivity contribution in [2.45, 2.75) is 25.4 Å². The van der Waals surface area contributed by atoms with Crippen LogP contribution in [-0.4, -0.2) is 88.7 Å². The maximum Gasteiger partial charge on any atom is 0.238 e. The molecule has 1 aromatic rings. The zero-order chi connectivity index (χ0) is 17.9. The molecule has 2 aliphatic rings. The first-order valence-corrected chi connectivity index (χ1v) is 8.98. The highest BCUT2D eigenvalue weighted by Crippen LogP contribution is 2.18. The van der Waals surface area contributed by atoms with E-state index in [1.54, 1.807) is 10.9 Å². The van der Waals surface area contributed by atoms with Gasteiger partial charge in [-0.25, -0.2) is 0 Å². The standard InChI is InChI=1S/C17H29N5O3/c1-14-15(9-20(2)19-14)18-16(23)10-22-7-8-25-13-17(24,12-22)11-21-5-3-4-6-21/h9,24H,3-8,10-13H2,1-2H3,(H,18,23)/t17-/m0/s1. The number of amides is 1. The van der Waals surface area contributed by atoms with E-state index in [0.717, 1.165) is 24.5 Å². The Balaban J connectivity index is 1.56. The molecule has 3 heterocycles. The van der Waals surface area contributed by atoms with Gasteiger partial charge < -0.3 is 20.1 Å².